The molecule has 0 radical (unpaired) electrons. The lowest BCUT2D eigenvalue weighted by Crippen LogP contribution is -2.29. The fourth-order valence-corrected chi connectivity index (χ4v) is 5.36. The van der Waals surface area contributed by atoms with Crippen LogP contribution in [-0.2, 0) is 9.59 Å². The number of carbonyl (C=O) groups is 2. The maximum absolute atomic E-state index is 13.2. The van der Waals surface area contributed by atoms with E-state index >= 15 is 0 Å². The molecular formula is C24H14ClIN2O3S. The third-order valence-corrected chi connectivity index (χ3v) is 7.19. The summed E-state index contributed by atoms with van der Waals surface area (Å²) in [5.41, 5.74) is 1.90. The average molecular weight is 573 g/mol. The largest absolute Gasteiger partial charge is 0.507 e. The number of hydrogen-bond donors (Lipinski definition) is 1. The highest BCUT2D eigenvalue weighted by molar-refractivity contribution is 14.1. The minimum absolute atomic E-state index is 0.0414. The first-order valence-electron chi connectivity index (χ1n) is 9.62. The molecule has 3 aromatic carbocycles. The number of hydrogen-bond acceptors (Lipinski definition) is 5. The minimum Gasteiger partial charge on any atom is -0.507 e. The minimum atomic E-state index is -0.803. The van der Waals surface area contributed by atoms with Gasteiger partial charge < -0.3 is 5.11 Å². The third kappa shape index (κ3) is 3.60. The molecule has 5 nitrogen and oxygen atoms in total. The highest BCUT2D eigenvalue weighted by Crippen LogP contribution is 2.44. The Labute approximate surface area is 206 Å². The number of anilines is 1. The van der Waals surface area contributed by atoms with Crippen LogP contribution in [0.25, 0.3) is 16.0 Å². The molecule has 1 saturated heterocycles. The number of benzene rings is 3. The summed E-state index contributed by atoms with van der Waals surface area (Å²) < 4.78 is 1.82. The number of fused-ring (bicyclic) bond motifs is 1. The van der Waals surface area contributed by atoms with Gasteiger partial charge in [-0.3, -0.25) is 14.5 Å². The van der Waals surface area contributed by atoms with E-state index in [2.05, 4.69) is 27.6 Å². The highest BCUT2D eigenvalue weighted by Gasteiger charge is 2.48. The zero-order valence-corrected chi connectivity index (χ0v) is 20.1. The number of nitrogens with zero attached hydrogens (tertiary/aromatic N) is 2. The number of halogens is 2. The Morgan fingerprint density at radius 1 is 1.03 bits per heavy atom. The first kappa shape index (κ1) is 21.1. The van der Waals surface area contributed by atoms with Crippen LogP contribution >= 0.6 is 45.5 Å². The molecular weight excluding hydrogens is 559 g/mol. The van der Waals surface area contributed by atoms with Crippen molar-refractivity contribution in [1.82, 2.24) is 4.98 Å². The lowest BCUT2D eigenvalue weighted by molar-refractivity contribution is -0.132. The molecule has 1 unspecified atom stereocenters. The van der Waals surface area contributed by atoms with Crippen LogP contribution in [0.4, 0.5) is 5.13 Å². The van der Waals surface area contributed by atoms with Gasteiger partial charge in [0.15, 0.2) is 5.13 Å². The van der Waals surface area contributed by atoms with Gasteiger partial charge in [-0.2, -0.15) is 0 Å². The quantitative estimate of drug-likeness (QED) is 0.138. The number of ketones is 1. The molecule has 1 atom stereocenters. The van der Waals surface area contributed by atoms with Gasteiger partial charge >= 0.3 is 5.91 Å². The van der Waals surface area contributed by atoms with Crippen molar-refractivity contribution in [1.29, 1.82) is 0 Å². The van der Waals surface area contributed by atoms with Gasteiger partial charge in [0.25, 0.3) is 5.78 Å². The van der Waals surface area contributed by atoms with Gasteiger partial charge in [0.05, 0.1) is 21.8 Å². The van der Waals surface area contributed by atoms with Gasteiger partial charge in [-0.1, -0.05) is 65.4 Å². The summed E-state index contributed by atoms with van der Waals surface area (Å²) in [5, 5.41) is 12.0. The first-order chi connectivity index (χ1) is 15.4. The molecule has 1 aliphatic heterocycles. The third-order valence-electron chi connectivity index (χ3n) is 5.22. The molecule has 1 aliphatic rings. The lowest BCUT2D eigenvalue weighted by atomic mass is 9.95. The second-order valence-electron chi connectivity index (χ2n) is 7.20. The van der Waals surface area contributed by atoms with Crippen molar-refractivity contribution in [3.8, 4) is 0 Å². The maximum Gasteiger partial charge on any atom is 0.301 e. The smallest absolute Gasteiger partial charge is 0.301 e. The Morgan fingerprint density at radius 3 is 2.47 bits per heavy atom. The average Bonchev–Trinajstić information content (AvgIpc) is 3.32. The van der Waals surface area contributed by atoms with Gasteiger partial charge in [0, 0.05) is 14.2 Å². The molecule has 0 saturated carbocycles. The molecule has 0 aliphatic carbocycles. The SMILES string of the molecule is O=C1C(=O)N(c2nc3ccc(Cl)cc3s2)C(c2ccc(I)cc2)C1=C(O)c1ccccc1. The van der Waals surface area contributed by atoms with Crippen LogP contribution in [0.3, 0.4) is 0 Å². The Kier molecular flexibility index (Phi) is 5.48. The van der Waals surface area contributed by atoms with E-state index in [1.807, 2.05) is 30.3 Å². The van der Waals surface area contributed by atoms with E-state index in [0.717, 1.165) is 8.27 Å². The van der Waals surface area contributed by atoms with Crippen LogP contribution in [0, 0.1) is 3.57 Å². The number of aromatic nitrogens is 1. The van der Waals surface area contributed by atoms with Crippen LogP contribution < -0.4 is 4.90 Å². The number of thiazole rings is 1. The van der Waals surface area contributed by atoms with Crippen molar-refractivity contribution in [3.63, 3.8) is 0 Å². The van der Waals surface area contributed by atoms with Crippen molar-refractivity contribution in [2.24, 2.45) is 0 Å². The molecule has 1 aromatic heterocycles. The molecule has 4 aromatic rings. The molecule has 1 amide bonds. The van der Waals surface area contributed by atoms with Crippen molar-refractivity contribution >= 4 is 78.3 Å². The van der Waals surface area contributed by atoms with Gasteiger partial charge in [-0.25, -0.2) is 4.98 Å². The van der Waals surface area contributed by atoms with Crippen LogP contribution in [0.5, 0.6) is 0 Å². The lowest BCUT2D eigenvalue weighted by Gasteiger charge is -2.23. The standard InChI is InChI=1S/C24H14ClIN2O3S/c25-15-8-11-17-18(12-15)32-24(27-17)28-20(13-6-9-16(26)10-7-13)19(22(30)23(28)31)21(29)14-4-2-1-3-5-14/h1-12,20,29H. The summed E-state index contributed by atoms with van der Waals surface area (Å²) in [5.74, 6) is -1.68. The highest BCUT2D eigenvalue weighted by atomic mass is 127. The number of aliphatic hydroxyl groups excluding tert-OH is 1. The van der Waals surface area contributed by atoms with Gasteiger partial charge in [0.2, 0.25) is 0 Å². The monoisotopic (exact) mass is 572 g/mol. The van der Waals surface area contributed by atoms with Gasteiger partial charge in [-0.15, -0.1) is 0 Å². The normalized spacial score (nSPS) is 17.9. The molecule has 32 heavy (non-hydrogen) atoms. The van der Waals surface area contributed by atoms with Crippen LogP contribution in [0.2, 0.25) is 5.02 Å². The summed E-state index contributed by atoms with van der Waals surface area (Å²) in [4.78, 5) is 32.3. The van der Waals surface area contributed by atoms with Crippen LogP contribution in [-0.4, -0.2) is 21.8 Å². The predicted molar refractivity (Wildman–Crippen MR) is 135 cm³/mol. The number of carbonyl (C=O) groups excluding carboxylic acids is 2. The predicted octanol–water partition coefficient (Wildman–Crippen LogP) is 6.18. The molecule has 5 rings (SSSR count). The van der Waals surface area contributed by atoms with E-state index < -0.39 is 17.7 Å². The molecule has 1 fully saturated rings. The molecule has 0 spiro atoms. The van der Waals surface area contributed by atoms with Crippen molar-refractivity contribution < 1.29 is 14.7 Å². The number of aliphatic hydroxyl groups is 1. The summed E-state index contributed by atoms with van der Waals surface area (Å²) >= 11 is 9.58. The Morgan fingerprint density at radius 2 is 1.75 bits per heavy atom. The molecule has 1 N–H and O–H groups in total. The Hall–Kier alpha value is -2.75. The van der Waals surface area contributed by atoms with E-state index in [1.165, 1.54) is 16.2 Å². The van der Waals surface area contributed by atoms with Crippen LogP contribution in [0.1, 0.15) is 17.2 Å². The fraction of sp³-hybridized carbons (Fsp3) is 0.0417. The van der Waals surface area contributed by atoms with E-state index in [9.17, 15) is 14.7 Å². The molecule has 8 heteroatoms. The zero-order valence-electron chi connectivity index (χ0n) is 16.3. The fourth-order valence-electron chi connectivity index (χ4n) is 3.73. The van der Waals surface area contributed by atoms with Crippen molar-refractivity contribution in [3.05, 3.63) is 98.1 Å². The summed E-state index contributed by atoms with van der Waals surface area (Å²) in [6.45, 7) is 0. The number of rotatable bonds is 3. The summed E-state index contributed by atoms with van der Waals surface area (Å²) in [7, 11) is 0. The second kappa shape index (κ2) is 8.31. The number of Topliss-reactive ketones (excluding diaryl/α,β-unsaturated/α-hetero) is 1. The zero-order chi connectivity index (χ0) is 22.4. The topological polar surface area (TPSA) is 70.5 Å². The van der Waals surface area contributed by atoms with Gasteiger partial charge in [0.1, 0.15) is 5.76 Å². The Balaban J connectivity index is 1.73. The molecule has 0 bridgehead atoms. The van der Waals surface area contributed by atoms with E-state index in [0.29, 0.717) is 26.8 Å². The maximum atomic E-state index is 13.2. The summed E-state index contributed by atoms with van der Waals surface area (Å²) in [6.07, 6.45) is 0. The summed E-state index contributed by atoms with van der Waals surface area (Å²) in [6, 6.07) is 20.7. The first-order valence-corrected chi connectivity index (χ1v) is 11.9. The van der Waals surface area contributed by atoms with Crippen LogP contribution in [0.15, 0.2) is 78.4 Å². The van der Waals surface area contributed by atoms with Crippen molar-refractivity contribution in [2.45, 2.75) is 6.04 Å². The van der Waals surface area contributed by atoms with Gasteiger partial charge in [-0.05, 0) is 58.5 Å². The molecule has 158 valence electrons. The second-order valence-corrected chi connectivity index (χ2v) is 9.89. The number of amides is 1. The van der Waals surface area contributed by atoms with E-state index in [-0.39, 0.29) is 11.3 Å². The molecule has 2 heterocycles. The Bertz CT molecular complexity index is 1400. The van der Waals surface area contributed by atoms with E-state index in [4.69, 9.17) is 11.6 Å². The van der Waals surface area contributed by atoms with E-state index in [1.54, 1.807) is 42.5 Å². The van der Waals surface area contributed by atoms with Crippen molar-refractivity contribution in [2.75, 3.05) is 4.90 Å².